The van der Waals surface area contributed by atoms with Gasteiger partial charge >= 0.3 is 0 Å². The Morgan fingerprint density at radius 2 is 1.75 bits per heavy atom. The molecule has 5 heteroatoms. The number of aromatic nitrogens is 2. The maximum Gasteiger partial charge on any atom is 0.274 e. The van der Waals surface area contributed by atoms with Crippen molar-refractivity contribution in [2.45, 2.75) is 47.0 Å². The second-order valence-electron chi connectivity index (χ2n) is 5.72. The Morgan fingerprint density at radius 3 is 2.33 bits per heavy atom. The van der Waals surface area contributed by atoms with Crippen molar-refractivity contribution < 1.29 is 4.79 Å². The number of amides is 1. The summed E-state index contributed by atoms with van der Waals surface area (Å²) in [7, 11) is 0. The van der Waals surface area contributed by atoms with Crippen molar-refractivity contribution in [3.05, 3.63) is 46.9 Å². The predicted molar refractivity (Wildman–Crippen MR) is 98.7 cm³/mol. The Balaban J connectivity index is 2.29. The first-order valence-electron chi connectivity index (χ1n) is 8.60. The second kappa shape index (κ2) is 8.43. The van der Waals surface area contributed by atoms with Crippen LogP contribution in [0.15, 0.2) is 24.3 Å². The molecule has 2 rings (SSSR count). The molecule has 0 aliphatic heterocycles. The van der Waals surface area contributed by atoms with Gasteiger partial charge in [0.2, 0.25) is 0 Å². The van der Waals surface area contributed by atoms with Gasteiger partial charge < -0.3 is 10.6 Å². The zero-order chi connectivity index (χ0) is 17.5. The van der Waals surface area contributed by atoms with Gasteiger partial charge in [0.1, 0.15) is 17.3 Å². The third kappa shape index (κ3) is 4.31. The topological polar surface area (TPSA) is 66.9 Å². The maximum atomic E-state index is 12.7. The van der Waals surface area contributed by atoms with Crippen LogP contribution in [-0.2, 0) is 12.8 Å². The zero-order valence-corrected chi connectivity index (χ0v) is 14.9. The van der Waals surface area contributed by atoms with Crippen LogP contribution in [0, 0.1) is 6.92 Å². The molecule has 0 spiro atoms. The number of para-hydroxylation sites is 1. The van der Waals surface area contributed by atoms with Crippen LogP contribution >= 0.6 is 0 Å². The van der Waals surface area contributed by atoms with E-state index >= 15 is 0 Å². The summed E-state index contributed by atoms with van der Waals surface area (Å²) in [4.78, 5) is 21.3. The van der Waals surface area contributed by atoms with Crippen molar-refractivity contribution in [3.63, 3.8) is 0 Å². The third-order valence-electron chi connectivity index (χ3n) is 3.86. The molecule has 0 saturated heterocycles. The largest absolute Gasteiger partial charge is 0.370 e. The van der Waals surface area contributed by atoms with Gasteiger partial charge in [-0.2, -0.15) is 0 Å². The van der Waals surface area contributed by atoms with Crippen molar-refractivity contribution in [1.82, 2.24) is 9.97 Å². The summed E-state index contributed by atoms with van der Waals surface area (Å²) >= 11 is 0. The molecule has 0 aliphatic rings. The fourth-order valence-electron chi connectivity index (χ4n) is 2.61. The van der Waals surface area contributed by atoms with Gasteiger partial charge in [0.25, 0.3) is 5.91 Å². The SMILES string of the molecule is CCCNc1cc(C(=O)Nc2c(CC)cccc2CC)nc(C)n1. The average Bonchev–Trinajstić information content (AvgIpc) is 2.59. The highest BCUT2D eigenvalue weighted by Crippen LogP contribution is 2.23. The van der Waals surface area contributed by atoms with Gasteiger partial charge in [0.05, 0.1) is 0 Å². The summed E-state index contributed by atoms with van der Waals surface area (Å²) in [5.74, 6) is 1.07. The molecular formula is C19H26N4O. The molecule has 0 unspecified atom stereocenters. The van der Waals surface area contributed by atoms with E-state index in [1.54, 1.807) is 13.0 Å². The standard InChI is InChI=1S/C19H26N4O/c1-5-11-20-17-12-16(21-13(4)22-17)19(24)23-18-14(6-2)9-8-10-15(18)7-3/h8-10,12H,5-7,11H2,1-4H3,(H,23,24)(H,20,21,22). The highest BCUT2D eigenvalue weighted by molar-refractivity contribution is 6.04. The van der Waals surface area contributed by atoms with Gasteiger partial charge in [-0.1, -0.05) is 39.0 Å². The number of hydrogen-bond acceptors (Lipinski definition) is 4. The van der Waals surface area contributed by atoms with Gasteiger partial charge in [-0.25, -0.2) is 9.97 Å². The molecule has 0 bridgehead atoms. The second-order valence-corrected chi connectivity index (χ2v) is 5.72. The van der Waals surface area contributed by atoms with Gasteiger partial charge in [-0.15, -0.1) is 0 Å². The Kier molecular flexibility index (Phi) is 6.29. The summed E-state index contributed by atoms with van der Waals surface area (Å²) in [6.07, 6.45) is 2.74. The zero-order valence-electron chi connectivity index (χ0n) is 14.9. The number of nitrogens with zero attached hydrogens (tertiary/aromatic N) is 2. The molecule has 128 valence electrons. The number of benzene rings is 1. The molecule has 0 fully saturated rings. The minimum atomic E-state index is -0.198. The maximum absolute atomic E-state index is 12.7. The van der Waals surface area contributed by atoms with E-state index in [1.807, 2.05) is 18.2 Å². The summed E-state index contributed by atoms with van der Waals surface area (Å²) in [6, 6.07) is 7.84. The summed E-state index contributed by atoms with van der Waals surface area (Å²) in [6.45, 7) is 8.88. The molecule has 1 aromatic heterocycles. The van der Waals surface area contributed by atoms with Gasteiger partial charge in [0, 0.05) is 18.3 Å². The van der Waals surface area contributed by atoms with Crippen molar-refractivity contribution in [2.24, 2.45) is 0 Å². The lowest BCUT2D eigenvalue weighted by Crippen LogP contribution is -2.18. The number of nitrogens with one attached hydrogen (secondary N) is 2. The van der Waals surface area contributed by atoms with Crippen LogP contribution in [0.4, 0.5) is 11.5 Å². The van der Waals surface area contributed by atoms with Gasteiger partial charge in [0.15, 0.2) is 0 Å². The highest BCUT2D eigenvalue weighted by Gasteiger charge is 2.14. The number of rotatable bonds is 7. The lowest BCUT2D eigenvalue weighted by atomic mass is 10.0. The first-order valence-corrected chi connectivity index (χ1v) is 8.60. The molecule has 1 amide bonds. The minimum absolute atomic E-state index is 0.198. The number of carbonyl (C=O) groups is 1. The average molecular weight is 326 g/mol. The number of carbonyl (C=O) groups excluding carboxylic acids is 1. The van der Waals surface area contributed by atoms with Crippen LogP contribution in [0.25, 0.3) is 0 Å². The summed E-state index contributed by atoms with van der Waals surface area (Å²) in [5.41, 5.74) is 3.57. The third-order valence-corrected chi connectivity index (χ3v) is 3.86. The van der Waals surface area contributed by atoms with Crippen LogP contribution in [0.1, 0.15) is 54.6 Å². The summed E-state index contributed by atoms with van der Waals surface area (Å²) < 4.78 is 0. The molecule has 0 atom stereocenters. The highest BCUT2D eigenvalue weighted by atomic mass is 16.1. The first-order chi connectivity index (χ1) is 11.6. The van der Waals surface area contributed by atoms with E-state index in [-0.39, 0.29) is 5.91 Å². The van der Waals surface area contributed by atoms with E-state index in [0.717, 1.165) is 42.6 Å². The van der Waals surface area contributed by atoms with E-state index in [0.29, 0.717) is 17.3 Å². The number of anilines is 2. The van der Waals surface area contributed by atoms with Crippen LogP contribution < -0.4 is 10.6 Å². The Morgan fingerprint density at radius 1 is 1.08 bits per heavy atom. The normalized spacial score (nSPS) is 10.5. The minimum Gasteiger partial charge on any atom is -0.370 e. The first kappa shape index (κ1) is 17.9. The number of aryl methyl sites for hydroxylation is 3. The quantitative estimate of drug-likeness (QED) is 0.807. The molecular weight excluding hydrogens is 300 g/mol. The fraction of sp³-hybridized carbons (Fsp3) is 0.421. The van der Waals surface area contributed by atoms with Crippen molar-refractivity contribution in [1.29, 1.82) is 0 Å². The van der Waals surface area contributed by atoms with E-state index in [4.69, 9.17) is 0 Å². The Labute approximate surface area is 143 Å². The smallest absolute Gasteiger partial charge is 0.274 e. The van der Waals surface area contributed by atoms with E-state index in [2.05, 4.69) is 41.4 Å². The molecule has 0 aliphatic carbocycles. The molecule has 2 N–H and O–H groups in total. The molecule has 2 aromatic rings. The molecule has 0 radical (unpaired) electrons. The van der Waals surface area contributed by atoms with Crippen LogP contribution in [-0.4, -0.2) is 22.4 Å². The lowest BCUT2D eigenvalue weighted by Gasteiger charge is -2.14. The van der Waals surface area contributed by atoms with Crippen LogP contribution in [0.5, 0.6) is 0 Å². The fourth-order valence-corrected chi connectivity index (χ4v) is 2.61. The van der Waals surface area contributed by atoms with Crippen molar-refractivity contribution in [3.8, 4) is 0 Å². The molecule has 1 heterocycles. The summed E-state index contributed by atoms with van der Waals surface area (Å²) in [5, 5.41) is 6.26. The van der Waals surface area contributed by atoms with Crippen LogP contribution in [0.3, 0.4) is 0 Å². The Hall–Kier alpha value is -2.43. The molecule has 1 aromatic carbocycles. The van der Waals surface area contributed by atoms with Crippen molar-refractivity contribution in [2.75, 3.05) is 17.2 Å². The predicted octanol–water partition coefficient (Wildman–Crippen LogP) is 3.98. The molecule has 24 heavy (non-hydrogen) atoms. The van der Waals surface area contributed by atoms with Gasteiger partial charge in [-0.05, 0) is 37.3 Å². The molecule has 5 nitrogen and oxygen atoms in total. The van der Waals surface area contributed by atoms with E-state index < -0.39 is 0 Å². The van der Waals surface area contributed by atoms with E-state index in [9.17, 15) is 4.79 Å². The lowest BCUT2D eigenvalue weighted by molar-refractivity contribution is 0.102. The van der Waals surface area contributed by atoms with Crippen LogP contribution in [0.2, 0.25) is 0 Å². The monoisotopic (exact) mass is 326 g/mol. The van der Waals surface area contributed by atoms with Crippen molar-refractivity contribution >= 4 is 17.4 Å². The Bertz CT molecular complexity index is 690. The van der Waals surface area contributed by atoms with E-state index in [1.165, 1.54) is 0 Å². The number of hydrogen-bond donors (Lipinski definition) is 2. The van der Waals surface area contributed by atoms with Gasteiger partial charge in [-0.3, -0.25) is 4.79 Å². The molecule has 0 saturated carbocycles.